The van der Waals surface area contributed by atoms with Crippen LogP contribution in [0.5, 0.6) is 0 Å². The van der Waals surface area contributed by atoms with Gasteiger partial charge in [0, 0.05) is 6.20 Å². The van der Waals surface area contributed by atoms with Gasteiger partial charge in [0.1, 0.15) is 5.82 Å². The van der Waals surface area contributed by atoms with Crippen LogP contribution in [0, 0.1) is 19.3 Å². The predicted molar refractivity (Wildman–Crippen MR) is 55.5 cm³/mol. The molecule has 0 aliphatic carbocycles. The lowest BCUT2D eigenvalue weighted by molar-refractivity contribution is 0.850. The topological polar surface area (TPSA) is 24.9 Å². The first-order valence-electron chi connectivity index (χ1n) is 4.41. The third-order valence-electron chi connectivity index (χ3n) is 1.85. The SMILES string of the molecule is C#CC(CC)Nc1cc(C)ccn1. The molecule has 68 valence electrons. The van der Waals surface area contributed by atoms with Crippen LogP contribution in [0.15, 0.2) is 18.3 Å². The van der Waals surface area contributed by atoms with Crippen molar-refractivity contribution in [3.63, 3.8) is 0 Å². The van der Waals surface area contributed by atoms with E-state index in [9.17, 15) is 0 Å². The molecular formula is C11H14N2. The molecule has 0 saturated heterocycles. The van der Waals surface area contributed by atoms with Crippen LogP contribution < -0.4 is 5.32 Å². The molecule has 0 spiro atoms. The summed E-state index contributed by atoms with van der Waals surface area (Å²) in [7, 11) is 0. The van der Waals surface area contributed by atoms with Crippen molar-refractivity contribution in [2.45, 2.75) is 26.3 Å². The highest BCUT2D eigenvalue weighted by Crippen LogP contribution is 2.07. The van der Waals surface area contributed by atoms with E-state index in [-0.39, 0.29) is 6.04 Å². The van der Waals surface area contributed by atoms with Crippen molar-refractivity contribution < 1.29 is 0 Å². The zero-order valence-electron chi connectivity index (χ0n) is 8.04. The maximum atomic E-state index is 5.33. The molecule has 2 nitrogen and oxygen atoms in total. The number of nitrogens with zero attached hydrogens (tertiary/aromatic N) is 1. The molecule has 0 bridgehead atoms. The zero-order valence-corrected chi connectivity index (χ0v) is 8.04. The van der Waals surface area contributed by atoms with Crippen LogP contribution in [-0.4, -0.2) is 11.0 Å². The summed E-state index contributed by atoms with van der Waals surface area (Å²) in [6, 6.07) is 4.02. The minimum Gasteiger partial charge on any atom is -0.356 e. The summed E-state index contributed by atoms with van der Waals surface area (Å²) in [4.78, 5) is 4.17. The molecule has 2 heteroatoms. The van der Waals surface area contributed by atoms with Crippen molar-refractivity contribution >= 4 is 5.82 Å². The van der Waals surface area contributed by atoms with Gasteiger partial charge in [-0.25, -0.2) is 4.98 Å². The molecule has 1 aromatic heterocycles. The van der Waals surface area contributed by atoms with Crippen molar-refractivity contribution in [1.82, 2.24) is 4.98 Å². The second-order valence-corrected chi connectivity index (χ2v) is 2.99. The third kappa shape index (κ3) is 2.79. The number of pyridine rings is 1. The normalized spacial score (nSPS) is 11.8. The molecule has 1 aromatic rings. The fraction of sp³-hybridized carbons (Fsp3) is 0.364. The monoisotopic (exact) mass is 174 g/mol. The van der Waals surface area contributed by atoms with Gasteiger partial charge in [-0.05, 0) is 31.0 Å². The minimum atomic E-state index is 0.0781. The average molecular weight is 174 g/mol. The van der Waals surface area contributed by atoms with Crippen LogP contribution in [0.1, 0.15) is 18.9 Å². The van der Waals surface area contributed by atoms with Gasteiger partial charge in [0.15, 0.2) is 0 Å². The Bertz CT molecular complexity index is 312. The number of rotatable bonds is 3. The van der Waals surface area contributed by atoms with E-state index in [1.807, 2.05) is 26.0 Å². The van der Waals surface area contributed by atoms with Crippen LogP contribution in [-0.2, 0) is 0 Å². The Morgan fingerprint density at radius 1 is 1.69 bits per heavy atom. The Morgan fingerprint density at radius 3 is 3.00 bits per heavy atom. The summed E-state index contributed by atoms with van der Waals surface area (Å²) in [5.74, 6) is 3.52. The number of nitrogens with one attached hydrogen (secondary N) is 1. The van der Waals surface area contributed by atoms with Crippen molar-refractivity contribution in [2.24, 2.45) is 0 Å². The standard InChI is InChI=1S/C11H14N2/c1-4-10(5-2)13-11-8-9(3)6-7-12-11/h1,6-8,10H,5H2,2-3H3,(H,12,13). The van der Waals surface area contributed by atoms with Gasteiger partial charge < -0.3 is 5.32 Å². The van der Waals surface area contributed by atoms with Gasteiger partial charge in [0.2, 0.25) is 0 Å². The smallest absolute Gasteiger partial charge is 0.127 e. The molecule has 0 aliphatic heterocycles. The Kier molecular flexibility index (Phi) is 3.33. The van der Waals surface area contributed by atoms with Gasteiger partial charge in [-0.3, -0.25) is 0 Å². The predicted octanol–water partition coefficient (Wildman–Crippen LogP) is 2.21. The van der Waals surface area contributed by atoms with Gasteiger partial charge >= 0.3 is 0 Å². The summed E-state index contributed by atoms with van der Waals surface area (Å²) < 4.78 is 0. The molecule has 0 aliphatic rings. The molecule has 1 unspecified atom stereocenters. The molecule has 1 N–H and O–H groups in total. The van der Waals surface area contributed by atoms with Crippen molar-refractivity contribution in [3.05, 3.63) is 23.9 Å². The van der Waals surface area contributed by atoms with E-state index in [4.69, 9.17) is 6.42 Å². The Hall–Kier alpha value is -1.49. The van der Waals surface area contributed by atoms with Crippen LogP contribution >= 0.6 is 0 Å². The molecule has 13 heavy (non-hydrogen) atoms. The highest BCUT2D eigenvalue weighted by Gasteiger charge is 2.01. The highest BCUT2D eigenvalue weighted by molar-refractivity contribution is 5.39. The van der Waals surface area contributed by atoms with E-state index in [1.54, 1.807) is 6.20 Å². The van der Waals surface area contributed by atoms with Crippen LogP contribution in [0.25, 0.3) is 0 Å². The molecule has 0 radical (unpaired) electrons. The van der Waals surface area contributed by atoms with Crippen molar-refractivity contribution in [3.8, 4) is 12.3 Å². The summed E-state index contributed by atoms with van der Waals surface area (Å²) in [6.07, 6.45) is 8.02. The van der Waals surface area contributed by atoms with Gasteiger partial charge in [-0.15, -0.1) is 6.42 Å². The lowest BCUT2D eigenvalue weighted by Gasteiger charge is -2.11. The Labute approximate surface area is 79.4 Å². The number of anilines is 1. The maximum Gasteiger partial charge on any atom is 0.127 e. The fourth-order valence-electron chi connectivity index (χ4n) is 1.06. The molecule has 0 saturated carbocycles. The number of hydrogen-bond donors (Lipinski definition) is 1. The lowest BCUT2D eigenvalue weighted by Crippen LogP contribution is -2.16. The zero-order chi connectivity index (χ0) is 9.68. The number of hydrogen-bond acceptors (Lipinski definition) is 2. The van der Waals surface area contributed by atoms with Crippen LogP contribution in [0.2, 0.25) is 0 Å². The first kappa shape index (κ1) is 9.60. The minimum absolute atomic E-state index is 0.0781. The second-order valence-electron chi connectivity index (χ2n) is 2.99. The van der Waals surface area contributed by atoms with Crippen molar-refractivity contribution in [2.75, 3.05) is 5.32 Å². The molecule has 0 fully saturated rings. The summed E-state index contributed by atoms with van der Waals surface area (Å²) in [5, 5.41) is 3.17. The van der Waals surface area contributed by atoms with Crippen LogP contribution in [0.4, 0.5) is 5.82 Å². The average Bonchev–Trinajstić information content (AvgIpc) is 2.14. The lowest BCUT2D eigenvalue weighted by atomic mass is 10.2. The van der Waals surface area contributed by atoms with E-state index >= 15 is 0 Å². The Balaban J connectivity index is 2.69. The molecule has 0 amide bonds. The van der Waals surface area contributed by atoms with Crippen LogP contribution in [0.3, 0.4) is 0 Å². The van der Waals surface area contributed by atoms with E-state index in [2.05, 4.69) is 16.2 Å². The van der Waals surface area contributed by atoms with E-state index in [0.717, 1.165) is 12.2 Å². The quantitative estimate of drug-likeness (QED) is 0.711. The second kappa shape index (κ2) is 4.51. The maximum absolute atomic E-state index is 5.33. The molecular weight excluding hydrogens is 160 g/mol. The fourth-order valence-corrected chi connectivity index (χ4v) is 1.06. The van der Waals surface area contributed by atoms with E-state index in [1.165, 1.54) is 5.56 Å². The van der Waals surface area contributed by atoms with Gasteiger partial charge in [-0.2, -0.15) is 0 Å². The van der Waals surface area contributed by atoms with Gasteiger partial charge in [-0.1, -0.05) is 12.8 Å². The number of aromatic nitrogens is 1. The third-order valence-corrected chi connectivity index (χ3v) is 1.85. The summed E-state index contributed by atoms with van der Waals surface area (Å²) in [6.45, 7) is 4.08. The number of aryl methyl sites for hydroxylation is 1. The van der Waals surface area contributed by atoms with E-state index < -0.39 is 0 Å². The summed E-state index contributed by atoms with van der Waals surface area (Å²) >= 11 is 0. The molecule has 0 aromatic carbocycles. The molecule has 1 atom stereocenters. The first-order valence-corrected chi connectivity index (χ1v) is 4.41. The molecule has 1 rings (SSSR count). The number of terminal acetylenes is 1. The largest absolute Gasteiger partial charge is 0.356 e. The Morgan fingerprint density at radius 2 is 2.46 bits per heavy atom. The first-order chi connectivity index (χ1) is 6.26. The highest BCUT2D eigenvalue weighted by atomic mass is 15.0. The van der Waals surface area contributed by atoms with Gasteiger partial charge in [0.25, 0.3) is 0 Å². The molecule has 1 heterocycles. The van der Waals surface area contributed by atoms with E-state index in [0.29, 0.717) is 0 Å². The van der Waals surface area contributed by atoms with Gasteiger partial charge in [0.05, 0.1) is 6.04 Å². The van der Waals surface area contributed by atoms with Crippen molar-refractivity contribution in [1.29, 1.82) is 0 Å². The summed E-state index contributed by atoms with van der Waals surface area (Å²) in [5.41, 5.74) is 1.18.